The minimum Gasteiger partial charge on any atom is -0.367 e. The van der Waals surface area contributed by atoms with Gasteiger partial charge in [-0.2, -0.15) is 0 Å². The fourth-order valence-electron chi connectivity index (χ4n) is 2.99. The van der Waals surface area contributed by atoms with Crippen LogP contribution in [0.25, 0.3) is 22.0 Å². The Labute approximate surface area is 140 Å². The Balaban J connectivity index is 2.46. The second-order valence-corrected chi connectivity index (χ2v) is 5.84. The first kappa shape index (κ1) is 15.6. The topological polar surface area (TPSA) is 36.1 Å². The van der Waals surface area contributed by atoms with Crippen molar-refractivity contribution in [2.24, 2.45) is 0 Å². The highest BCUT2D eigenvalue weighted by atomic mass is 35.5. The number of nitrogens with zero attached hydrogens (tertiary/aromatic N) is 1. The zero-order chi connectivity index (χ0) is 16.4. The maximum absolute atomic E-state index is 12.7. The molecular formula is C19H19ClN2O. The first-order valence-corrected chi connectivity index (χ1v) is 8.19. The fourth-order valence-corrected chi connectivity index (χ4v) is 3.17. The molecule has 0 aliphatic rings. The summed E-state index contributed by atoms with van der Waals surface area (Å²) in [6, 6.07) is 15.6. The maximum Gasteiger partial charge on any atom is 0.272 e. The summed E-state index contributed by atoms with van der Waals surface area (Å²) in [6.45, 7) is 5.65. The van der Waals surface area contributed by atoms with Crippen LogP contribution in [0.5, 0.6) is 0 Å². The van der Waals surface area contributed by atoms with Crippen LogP contribution < -0.4 is 10.5 Å². The minimum absolute atomic E-state index is 0.0672. The smallest absolute Gasteiger partial charge is 0.272 e. The van der Waals surface area contributed by atoms with Crippen LogP contribution in [-0.4, -0.2) is 18.1 Å². The lowest BCUT2D eigenvalue weighted by atomic mass is 9.98. The lowest BCUT2D eigenvalue weighted by molar-refractivity contribution is 0.859. The van der Waals surface area contributed by atoms with Crippen LogP contribution in [0.3, 0.4) is 0 Å². The molecule has 1 aromatic heterocycles. The molecule has 1 heterocycles. The lowest BCUT2D eigenvalue weighted by Gasteiger charge is -2.24. The molecule has 0 bridgehead atoms. The number of halogens is 1. The summed E-state index contributed by atoms with van der Waals surface area (Å²) >= 11 is 6.21. The number of hydrogen-bond acceptors (Lipinski definition) is 2. The van der Waals surface area contributed by atoms with E-state index in [2.05, 4.69) is 23.7 Å². The number of hydrogen-bond donors (Lipinski definition) is 1. The predicted octanol–water partition coefficient (Wildman–Crippen LogP) is 4.69. The van der Waals surface area contributed by atoms with Gasteiger partial charge in [-0.25, -0.2) is 0 Å². The molecule has 0 fully saturated rings. The molecule has 3 aromatic rings. The Morgan fingerprint density at radius 3 is 2.39 bits per heavy atom. The highest BCUT2D eigenvalue weighted by molar-refractivity contribution is 6.31. The average molecular weight is 327 g/mol. The number of pyridine rings is 1. The van der Waals surface area contributed by atoms with E-state index in [1.54, 1.807) is 6.07 Å². The van der Waals surface area contributed by atoms with Crippen molar-refractivity contribution in [2.75, 3.05) is 18.0 Å². The zero-order valence-electron chi connectivity index (χ0n) is 13.3. The van der Waals surface area contributed by atoms with Gasteiger partial charge in [0.25, 0.3) is 5.56 Å². The molecule has 3 rings (SSSR count). The van der Waals surface area contributed by atoms with E-state index < -0.39 is 0 Å². The predicted molar refractivity (Wildman–Crippen MR) is 98.6 cm³/mol. The Bertz CT molecular complexity index is 883. The maximum atomic E-state index is 12.7. The van der Waals surface area contributed by atoms with Crippen LogP contribution in [-0.2, 0) is 0 Å². The molecule has 0 unspecified atom stereocenters. The van der Waals surface area contributed by atoms with Gasteiger partial charge in [0.15, 0.2) is 0 Å². The van der Waals surface area contributed by atoms with E-state index in [1.807, 2.05) is 42.5 Å². The van der Waals surface area contributed by atoms with Gasteiger partial charge in [-0.3, -0.25) is 4.79 Å². The van der Waals surface area contributed by atoms with Crippen molar-refractivity contribution >= 4 is 28.2 Å². The van der Waals surface area contributed by atoms with Crippen LogP contribution in [0.2, 0.25) is 5.02 Å². The van der Waals surface area contributed by atoms with Gasteiger partial charge >= 0.3 is 0 Å². The van der Waals surface area contributed by atoms with Crippen LogP contribution in [0.1, 0.15) is 13.8 Å². The van der Waals surface area contributed by atoms with Gasteiger partial charge < -0.3 is 9.88 Å². The summed E-state index contributed by atoms with van der Waals surface area (Å²) in [5.74, 6) is 0. The molecule has 0 spiro atoms. The van der Waals surface area contributed by atoms with E-state index in [0.29, 0.717) is 10.7 Å². The highest BCUT2D eigenvalue weighted by Crippen LogP contribution is 2.35. The molecule has 118 valence electrons. The van der Waals surface area contributed by atoms with Gasteiger partial charge in [-0.1, -0.05) is 41.9 Å². The lowest BCUT2D eigenvalue weighted by Crippen LogP contribution is -2.29. The third-order valence-electron chi connectivity index (χ3n) is 4.09. The Morgan fingerprint density at radius 2 is 1.74 bits per heavy atom. The molecule has 0 saturated carbocycles. The quantitative estimate of drug-likeness (QED) is 0.754. The Kier molecular flexibility index (Phi) is 4.39. The molecular weight excluding hydrogens is 308 g/mol. The number of benzene rings is 2. The largest absolute Gasteiger partial charge is 0.367 e. The number of aromatic nitrogens is 1. The number of nitrogens with one attached hydrogen (secondary N) is 1. The van der Waals surface area contributed by atoms with Gasteiger partial charge in [0, 0.05) is 34.6 Å². The van der Waals surface area contributed by atoms with Crippen LogP contribution >= 0.6 is 11.6 Å². The fraction of sp³-hybridized carbons (Fsp3) is 0.211. The van der Waals surface area contributed by atoms with Crippen LogP contribution in [0.15, 0.2) is 53.3 Å². The average Bonchev–Trinajstić information content (AvgIpc) is 2.57. The second kappa shape index (κ2) is 6.47. The molecule has 0 aliphatic heterocycles. The minimum atomic E-state index is -0.0672. The number of aromatic amines is 1. The Hall–Kier alpha value is -2.26. The van der Waals surface area contributed by atoms with Crippen molar-refractivity contribution in [1.29, 1.82) is 0 Å². The van der Waals surface area contributed by atoms with Crippen molar-refractivity contribution in [3.05, 3.63) is 63.9 Å². The van der Waals surface area contributed by atoms with E-state index in [0.717, 1.165) is 35.1 Å². The van der Waals surface area contributed by atoms with Gasteiger partial charge in [-0.05, 0) is 37.6 Å². The van der Waals surface area contributed by atoms with Gasteiger partial charge in [-0.15, -0.1) is 0 Å². The van der Waals surface area contributed by atoms with Crippen LogP contribution in [0, 0.1) is 0 Å². The Morgan fingerprint density at radius 1 is 1.04 bits per heavy atom. The van der Waals surface area contributed by atoms with E-state index >= 15 is 0 Å². The summed E-state index contributed by atoms with van der Waals surface area (Å²) < 4.78 is 0. The molecule has 0 amide bonds. The zero-order valence-corrected chi connectivity index (χ0v) is 14.0. The molecule has 0 radical (unpaired) electrons. The molecule has 1 N–H and O–H groups in total. The summed E-state index contributed by atoms with van der Waals surface area (Å²) in [5, 5.41) is 1.62. The normalized spacial score (nSPS) is 10.9. The van der Waals surface area contributed by atoms with Crippen molar-refractivity contribution in [3.63, 3.8) is 0 Å². The van der Waals surface area contributed by atoms with E-state index in [-0.39, 0.29) is 5.56 Å². The highest BCUT2D eigenvalue weighted by Gasteiger charge is 2.18. The van der Waals surface area contributed by atoms with E-state index in [4.69, 9.17) is 11.6 Å². The summed E-state index contributed by atoms with van der Waals surface area (Å²) in [5.41, 5.74) is 3.40. The van der Waals surface area contributed by atoms with Gasteiger partial charge in [0.1, 0.15) is 5.69 Å². The molecule has 4 heteroatoms. The second-order valence-electron chi connectivity index (χ2n) is 5.41. The standard InChI is InChI=1S/C19H19ClN2O/c1-3-22(4-2)18-17(13-8-6-5-7-9-13)15-12-14(20)10-11-16(15)21-19(18)23/h5-12H,3-4H2,1-2H3,(H,21,23). The summed E-state index contributed by atoms with van der Waals surface area (Å²) in [4.78, 5) is 17.8. The third kappa shape index (κ3) is 2.84. The van der Waals surface area contributed by atoms with E-state index in [1.165, 1.54) is 0 Å². The summed E-state index contributed by atoms with van der Waals surface area (Å²) in [7, 11) is 0. The van der Waals surface area contributed by atoms with Crippen molar-refractivity contribution < 1.29 is 0 Å². The van der Waals surface area contributed by atoms with Gasteiger partial charge in [0.05, 0.1) is 0 Å². The number of anilines is 1. The number of H-pyrrole nitrogens is 1. The molecule has 0 aliphatic carbocycles. The molecule has 2 aromatic carbocycles. The van der Waals surface area contributed by atoms with Crippen molar-refractivity contribution in [2.45, 2.75) is 13.8 Å². The monoisotopic (exact) mass is 326 g/mol. The first-order chi connectivity index (χ1) is 11.2. The SMILES string of the molecule is CCN(CC)c1c(-c2ccccc2)c2cc(Cl)ccc2[nH]c1=O. The molecule has 23 heavy (non-hydrogen) atoms. The number of fused-ring (bicyclic) bond motifs is 1. The molecule has 0 atom stereocenters. The van der Waals surface area contributed by atoms with Crippen molar-refractivity contribution in [1.82, 2.24) is 4.98 Å². The summed E-state index contributed by atoms with van der Waals surface area (Å²) in [6.07, 6.45) is 0. The van der Waals surface area contributed by atoms with Gasteiger partial charge in [0.2, 0.25) is 0 Å². The third-order valence-corrected chi connectivity index (χ3v) is 4.33. The number of rotatable bonds is 4. The molecule has 0 saturated heterocycles. The van der Waals surface area contributed by atoms with E-state index in [9.17, 15) is 4.79 Å². The van der Waals surface area contributed by atoms with Crippen molar-refractivity contribution in [3.8, 4) is 11.1 Å². The molecule has 3 nitrogen and oxygen atoms in total. The van der Waals surface area contributed by atoms with Crippen LogP contribution in [0.4, 0.5) is 5.69 Å². The first-order valence-electron chi connectivity index (χ1n) is 7.81.